The largest absolute Gasteiger partial charge is 0.486 e. The van der Waals surface area contributed by atoms with Crippen molar-refractivity contribution in [3.8, 4) is 17.2 Å². The number of Topliss-reactive ketones (excluding diaryl/α,β-unsaturated/α-hetero) is 1. The average molecular weight is 599 g/mol. The number of fused-ring (bicyclic) bond motifs is 1. The van der Waals surface area contributed by atoms with Gasteiger partial charge >= 0.3 is 0 Å². The number of ketones is 1. The van der Waals surface area contributed by atoms with Gasteiger partial charge in [-0.25, -0.2) is 0 Å². The maximum atomic E-state index is 12.8. The number of ether oxygens (including phenoxy) is 4. The lowest BCUT2D eigenvalue weighted by atomic mass is 9.76. The second-order valence-corrected chi connectivity index (χ2v) is 11.6. The molecular formula is C32H33Cl2NO6. The summed E-state index contributed by atoms with van der Waals surface area (Å²) in [7, 11) is 0. The van der Waals surface area contributed by atoms with Gasteiger partial charge in [0.1, 0.15) is 19.0 Å². The second-order valence-electron chi connectivity index (χ2n) is 10.8. The van der Waals surface area contributed by atoms with E-state index in [-0.39, 0.29) is 30.3 Å². The molecule has 2 aliphatic rings. The van der Waals surface area contributed by atoms with Crippen LogP contribution in [0.5, 0.6) is 17.2 Å². The molecule has 0 spiro atoms. The summed E-state index contributed by atoms with van der Waals surface area (Å²) in [5.41, 5.74) is 2.74. The highest BCUT2D eigenvalue weighted by atomic mass is 35.5. The van der Waals surface area contributed by atoms with Gasteiger partial charge in [-0.3, -0.25) is 9.59 Å². The van der Waals surface area contributed by atoms with Crippen molar-refractivity contribution in [2.24, 2.45) is 11.8 Å². The molecule has 3 aromatic carbocycles. The summed E-state index contributed by atoms with van der Waals surface area (Å²) in [6.45, 7) is 6.95. The number of carbonyl (C=O) groups excluding carboxylic acids is 2. The van der Waals surface area contributed by atoms with E-state index < -0.39 is 5.91 Å². The molecule has 0 aromatic heterocycles. The Balaban J connectivity index is 1.25. The summed E-state index contributed by atoms with van der Waals surface area (Å²) < 4.78 is 23.5. The summed E-state index contributed by atoms with van der Waals surface area (Å²) in [6.07, 6.45) is 0.802. The molecule has 0 unspecified atom stereocenters. The van der Waals surface area contributed by atoms with Gasteiger partial charge in [-0.05, 0) is 66.6 Å². The zero-order valence-electron chi connectivity index (χ0n) is 23.2. The van der Waals surface area contributed by atoms with Crippen molar-refractivity contribution >= 4 is 40.6 Å². The number of carbonyl (C=O) groups is 2. The lowest BCUT2D eigenvalue weighted by molar-refractivity contribution is -0.118. The van der Waals surface area contributed by atoms with Crippen molar-refractivity contribution in [2.75, 3.05) is 31.7 Å². The van der Waals surface area contributed by atoms with Crippen molar-refractivity contribution < 1.29 is 28.5 Å². The third kappa shape index (κ3) is 6.80. The zero-order valence-corrected chi connectivity index (χ0v) is 24.8. The topological polar surface area (TPSA) is 83.1 Å². The molecule has 0 bridgehead atoms. The molecule has 1 saturated heterocycles. The van der Waals surface area contributed by atoms with Crippen molar-refractivity contribution in [1.82, 2.24) is 0 Å². The Morgan fingerprint density at radius 2 is 1.78 bits per heavy atom. The standard InChI is InChI=1S/C32H33Cl2NO6/c1-18(2)25-12-21(24-8-7-22(33)13-27(24)34)16-41-32(25)20-5-4-6-23(11-20)40-17-31(37)35-28-15-30-29(38-9-10-39-30)14-26(28)19(3)36/h4-8,11,13-15,18,21,25,32H,9-10,12,16-17H2,1-3H3,(H,35,37)/t21-,25-,32-/m0/s1. The number of nitrogens with one attached hydrogen (secondary N) is 1. The van der Waals surface area contributed by atoms with Crippen LogP contribution >= 0.6 is 23.2 Å². The minimum atomic E-state index is -0.397. The fourth-order valence-corrected chi connectivity index (χ4v) is 6.04. The first-order valence-corrected chi connectivity index (χ1v) is 14.5. The minimum Gasteiger partial charge on any atom is -0.486 e. The number of hydrogen-bond acceptors (Lipinski definition) is 6. The van der Waals surface area contributed by atoms with Crippen LogP contribution in [0.4, 0.5) is 5.69 Å². The van der Waals surface area contributed by atoms with E-state index >= 15 is 0 Å². The van der Waals surface area contributed by atoms with Crippen LogP contribution in [0.25, 0.3) is 0 Å². The summed E-state index contributed by atoms with van der Waals surface area (Å²) in [5, 5.41) is 4.05. The van der Waals surface area contributed by atoms with E-state index in [0.29, 0.717) is 64.3 Å². The van der Waals surface area contributed by atoms with E-state index in [2.05, 4.69) is 19.2 Å². The van der Waals surface area contributed by atoms with Crippen molar-refractivity contribution in [1.29, 1.82) is 0 Å². The smallest absolute Gasteiger partial charge is 0.262 e. The van der Waals surface area contributed by atoms with Crippen LogP contribution in [-0.2, 0) is 9.53 Å². The molecule has 0 saturated carbocycles. The van der Waals surface area contributed by atoms with E-state index in [4.69, 9.17) is 42.1 Å². The number of halogens is 2. The highest BCUT2D eigenvalue weighted by Crippen LogP contribution is 2.45. The van der Waals surface area contributed by atoms with Crippen molar-refractivity contribution in [3.05, 3.63) is 81.3 Å². The maximum absolute atomic E-state index is 12.8. The molecule has 3 atom stereocenters. The zero-order chi connectivity index (χ0) is 29.1. The number of amides is 1. The summed E-state index contributed by atoms with van der Waals surface area (Å²) in [5.74, 6) is 1.72. The van der Waals surface area contributed by atoms with Gasteiger partial charge in [0.2, 0.25) is 0 Å². The van der Waals surface area contributed by atoms with Crippen LogP contribution in [0.3, 0.4) is 0 Å². The number of rotatable bonds is 8. The lowest BCUT2D eigenvalue weighted by Gasteiger charge is -2.39. The van der Waals surface area contributed by atoms with Gasteiger partial charge in [0.05, 0.1) is 18.4 Å². The molecule has 0 aliphatic carbocycles. The quantitative estimate of drug-likeness (QED) is 0.271. The van der Waals surface area contributed by atoms with Crippen LogP contribution < -0.4 is 19.5 Å². The number of hydrogen-bond donors (Lipinski definition) is 1. The fraction of sp³-hybridized carbons (Fsp3) is 0.375. The van der Waals surface area contributed by atoms with E-state index in [0.717, 1.165) is 17.5 Å². The first-order valence-electron chi connectivity index (χ1n) is 13.7. The molecule has 1 fully saturated rings. The normalized spacial score (nSPS) is 20.0. The van der Waals surface area contributed by atoms with Crippen molar-refractivity contribution in [3.63, 3.8) is 0 Å². The predicted molar refractivity (Wildman–Crippen MR) is 159 cm³/mol. The van der Waals surface area contributed by atoms with Crippen molar-refractivity contribution in [2.45, 2.75) is 39.2 Å². The Morgan fingerprint density at radius 3 is 2.49 bits per heavy atom. The third-order valence-corrected chi connectivity index (χ3v) is 8.14. The molecule has 41 heavy (non-hydrogen) atoms. The summed E-state index contributed by atoms with van der Waals surface area (Å²) in [4.78, 5) is 25.0. The Kier molecular flexibility index (Phi) is 9.07. The maximum Gasteiger partial charge on any atom is 0.262 e. The molecule has 1 amide bonds. The number of anilines is 1. The first-order chi connectivity index (χ1) is 19.7. The van der Waals surface area contributed by atoms with Crippen LogP contribution in [0, 0.1) is 11.8 Å². The molecule has 9 heteroatoms. The third-order valence-electron chi connectivity index (χ3n) is 7.57. The molecule has 3 aromatic rings. The van der Waals surface area contributed by atoms with Gasteiger partial charge in [0, 0.05) is 27.6 Å². The Hall–Kier alpha value is -3.26. The van der Waals surface area contributed by atoms with Crippen LogP contribution in [-0.4, -0.2) is 38.1 Å². The Bertz CT molecular complexity index is 1440. The minimum absolute atomic E-state index is 0.120. The Morgan fingerprint density at radius 1 is 1.02 bits per heavy atom. The van der Waals surface area contributed by atoms with Gasteiger partial charge in [0.15, 0.2) is 23.9 Å². The second kappa shape index (κ2) is 12.7. The molecular weight excluding hydrogens is 565 g/mol. The van der Waals surface area contributed by atoms with Gasteiger partial charge < -0.3 is 24.3 Å². The molecule has 0 radical (unpaired) electrons. The average Bonchev–Trinajstić information content (AvgIpc) is 2.95. The molecule has 1 N–H and O–H groups in total. The van der Waals surface area contributed by atoms with Crippen LogP contribution in [0.2, 0.25) is 10.0 Å². The predicted octanol–water partition coefficient (Wildman–Crippen LogP) is 7.50. The van der Waals surface area contributed by atoms with Gasteiger partial charge in [-0.15, -0.1) is 0 Å². The monoisotopic (exact) mass is 597 g/mol. The lowest BCUT2D eigenvalue weighted by Crippen LogP contribution is -2.31. The van der Waals surface area contributed by atoms with Crippen LogP contribution in [0.15, 0.2) is 54.6 Å². The highest BCUT2D eigenvalue weighted by Gasteiger charge is 2.35. The molecule has 2 heterocycles. The molecule has 7 nitrogen and oxygen atoms in total. The number of benzene rings is 3. The van der Waals surface area contributed by atoms with E-state index in [9.17, 15) is 9.59 Å². The molecule has 216 valence electrons. The van der Waals surface area contributed by atoms with Gasteiger partial charge in [0.25, 0.3) is 5.91 Å². The van der Waals surface area contributed by atoms with E-state index in [1.165, 1.54) is 6.92 Å². The molecule has 2 aliphatic heterocycles. The Labute approximate surface area is 250 Å². The summed E-state index contributed by atoms with van der Waals surface area (Å²) >= 11 is 12.6. The van der Waals surface area contributed by atoms with Gasteiger partial charge in [-0.1, -0.05) is 55.2 Å². The van der Waals surface area contributed by atoms with E-state index in [1.807, 2.05) is 36.4 Å². The highest BCUT2D eigenvalue weighted by molar-refractivity contribution is 6.35. The van der Waals surface area contributed by atoms with Crippen LogP contribution in [0.1, 0.15) is 60.7 Å². The summed E-state index contributed by atoms with van der Waals surface area (Å²) in [6, 6.07) is 16.5. The van der Waals surface area contributed by atoms with E-state index in [1.54, 1.807) is 18.2 Å². The first kappa shape index (κ1) is 29.2. The SMILES string of the molecule is CC(=O)c1cc2c(cc1NC(=O)COc1cccc([C@@H]3OC[C@@H](c4ccc(Cl)cc4Cl)C[C@H]3C(C)C)c1)OCCO2. The van der Waals surface area contributed by atoms with Gasteiger partial charge in [-0.2, -0.15) is 0 Å². The fourth-order valence-electron chi connectivity index (χ4n) is 5.48. The molecule has 5 rings (SSSR count).